The van der Waals surface area contributed by atoms with Crippen molar-refractivity contribution in [2.75, 3.05) is 19.6 Å². The second-order valence-electron chi connectivity index (χ2n) is 5.03. The van der Waals surface area contributed by atoms with Gasteiger partial charge in [-0.2, -0.15) is 0 Å². The minimum absolute atomic E-state index is 0.0435. The summed E-state index contributed by atoms with van der Waals surface area (Å²) in [7, 11) is 0. The van der Waals surface area contributed by atoms with E-state index in [0.29, 0.717) is 43.1 Å². The summed E-state index contributed by atoms with van der Waals surface area (Å²) in [6.45, 7) is 1.79. The molecule has 3 N–H and O–H groups in total. The van der Waals surface area contributed by atoms with Crippen LogP contribution in [0.4, 0.5) is 4.39 Å². The van der Waals surface area contributed by atoms with Crippen LogP contribution in [-0.2, 0) is 6.54 Å². The lowest BCUT2D eigenvalue weighted by Gasteiger charge is -2.35. The molecule has 0 aromatic heterocycles. The van der Waals surface area contributed by atoms with E-state index in [-0.39, 0.29) is 17.3 Å². The van der Waals surface area contributed by atoms with E-state index in [9.17, 15) is 9.50 Å². The Kier molecular flexibility index (Phi) is 4.56. The highest BCUT2D eigenvalue weighted by molar-refractivity contribution is 6.35. The number of rotatable bonds is 3. The van der Waals surface area contributed by atoms with Crippen molar-refractivity contribution in [1.29, 1.82) is 0 Å². The van der Waals surface area contributed by atoms with Gasteiger partial charge < -0.3 is 10.8 Å². The van der Waals surface area contributed by atoms with Gasteiger partial charge in [-0.1, -0.05) is 23.2 Å². The number of piperidine rings is 1. The predicted molar refractivity (Wildman–Crippen MR) is 75.5 cm³/mol. The minimum atomic E-state index is -1.25. The largest absolute Gasteiger partial charge is 0.506 e. The Labute approximate surface area is 122 Å². The standard InChI is InChI=1S/C13H17Cl2FN2O/c14-10-5-9(12(19)11(15)6-10)7-18-3-1-13(16,8-17)2-4-18/h5-6,19H,1-4,7-8,17H2. The molecule has 0 spiro atoms. The first-order chi connectivity index (χ1) is 8.93. The lowest BCUT2D eigenvalue weighted by atomic mass is 9.93. The molecule has 0 saturated carbocycles. The van der Waals surface area contributed by atoms with E-state index in [1.807, 2.05) is 0 Å². The number of alkyl halides is 1. The van der Waals surface area contributed by atoms with Crippen LogP contribution >= 0.6 is 23.2 Å². The summed E-state index contributed by atoms with van der Waals surface area (Å²) in [6.07, 6.45) is 0.830. The number of likely N-dealkylation sites (tertiary alicyclic amines) is 1. The van der Waals surface area contributed by atoms with Gasteiger partial charge in [0.25, 0.3) is 0 Å². The SMILES string of the molecule is NCC1(F)CCN(Cc2cc(Cl)cc(Cl)c2O)CC1. The van der Waals surface area contributed by atoms with Gasteiger partial charge in [0.15, 0.2) is 0 Å². The summed E-state index contributed by atoms with van der Waals surface area (Å²) in [5, 5.41) is 10.6. The van der Waals surface area contributed by atoms with E-state index in [0.717, 1.165) is 0 Å². The van der Waals surface area contributed by atoms with E-state index in [1.54, 1.807) is 6.07 Å². The molecule has 19 heavy (non-hydrogen) atoms. The number of nitrogens with zero attached hydrogens (tertiary/aromatic N) is 1. The zero-order valence-corrected chi connectivity index (χ0v) is 12.0. The molecule has 0 aliphatic carbocycles. The Hall–Kier alpha value is -0.550. The number of hydrogen-bond acceptors (Lipinski definition) is 3. The smallest absolute Gasteiger partial charge is 0.138 e. The van der Waals surface area contributed by atoms with Crippen molar-refractivity contribution in [3.8, 4) is 5.75 Å². The van der Waals surface area contributed by atoms with E-state index in [1.165, 1.54) is 6.07 Å². The van der Waals surface area contributed by atoms with E-state index in [4.69, 9.17) is 28.9 Å². The topological polar surface area (TPSA) is 49.5 Å². The maximum Gasteiger partial charge on any atom is 0.138 e. The van der Waals surface area contributed by atoms with Crippen molar-refractivity contribution < 1.29 is 9.50 Å². The molecule has 0 bridgehead atoms. The summed E-state index contributed by atoms with van der Waals surface area (Å²) in [5.74, 6) is 0.0435. The maximum atomic E-state index is 14.0. The molecule has 106 valence electrons. The van der Waals surface area contributed by atoms with Gasteiger partial charge in [-0.3, -0.25) is 4.90 Å². The zero-order valence-electron chi connectivity index (χ0n) is 10.5. The van der Waals surface area contributed by atoms with Gasteiger partial charge in [0.05, 0.1) is 5.02 Å². The van der Waals surface area contributed by atoms with Crippen LogP contribution < -0.4 is 5.73 Å². The fourth-order valence-corrected chi connectivity index (χ4v) is 2.83. The number of phenols is 1. The third-order valence-electron chi connectivity index (χ3n) is 3.62. The third-order valence-corrected chi connectivity index (χ3v) is 4.13. The van der Waals surface area contributed by atoms with Gasteiger partial charge >= 0.3 is 0 Å². The molecule has 0 amide bonds. The van der Waals surface area contributed by atoms with Gasteiger partial charge in [-0.25, -0.2) is 4.39 Å². The average Bonchev–Trinajstić information content (AvgIpc) is 2.38. The number of nitrogens with two attached hydrogens (primary N) is 1. The normalized spacial score (nSPS) is 19.6. The van der Waals surface area contributed by atoms with Crippen LogP contribution in [0.15, 0.2) is 12.1 Å². The quantitative estimate of drug-likeness (QED) is 0.902. The van der Waals surface area contributed by atoms with E-state index < -0.39 is 5.67 Å². The second kappa shape index (κ2) is 5.83. The Balaban J connectivity index is 2.04. The highest BCUT2D eigenvalue weighted by Crippen LogP contribution is 2.33. The predicted octanol–water partition coefficient (Wildman–Crippen LogP) is 2.96. The van der Waals surface area contributed by atoms with Gasteiger partial charge in [-0.05, 0) is 25.0 Å². The van der Waals surface area contributed by atoms with Crippen LogP contribution in [0, 0.1) is 0 Å². The molecule has 0 atom stereocenters. The van der Waals surface area contributed by atoms with Crippen molar-refractivity contribution in [2.24, 2.45) is 5.73 Å². The summed E-state index contributed by atoms with van der Waals surface area (Å²) in [5.41, 5.74) is 4.85. The Morgan fingerprint density at radius 3 is 2.53 bits per heavy atom. The third kappa shape index (κ3) is 3.51. The lowest BCUT2D eigenvalue weighted by molar-refractivity contribution is 0.0617. The Morgan fingerprint density at radius 2 is 1.95 bits per heavy atom. The molecule has 0 radical (unpaired) electrons. The monoisotopic (exact) mass is 306 g/mol. The first-order valence-corrected chi connectivity index (χ1v) is 6.97. The Morgan fingerprint density at radius 1 is 1.32 bits per heavy atom. The van der Waals surface area contributed by atoms with Crippen molar-refractivity contribution >= 4 is 23.2 Å². The number of phenolic OH excluding ortho intramolecular Hbond substituents is 1. The highest BCUT2D eigenvalue weighted by Gasteiger charge is 2.33. The maximum absolute atomic E-state index is 14.0. The number of hydrogen-bond donors (Lipinski definition) is 2. The molecule has 0 unspecified atom stereocenters. The van der Waals surface area contributed by atoms with E-state index >= 15 is 0 Å². The fraction of sp³-hybridized carbons (Fsp3) is 0.538. The zero-order chi connectivity index (χ0) is 14.0. The number of aromatic hydroxyl groups is 1. The molecule has 1 aliphatic rings. The molecule has 2 rings (SSSR count). The van der Waals surface area contributed by atoms with Crippen LogP contribution in [0.2, 0.25) is 10.0 Å². The van der Waals surface area contributed by atoms with E-state index in [2.05, 4.69) is 4.90 Å². The molecule has 3 nitrogen and oxygen atoms in total. The van der Waals surface area contributed by atoms with Crippen LogP contribution in [0.5, 0.6) is 5.75 Å². The first kappa shape index (κ1) is 14.9. The molecule has 1 fully saturated rings. The second-order valence-corrected chi connectivity index (χ2v) is 5.87. The van der Waals surface area contributed by atoms with Crippen LogP contribution in [0.1, 0.15) is 18.4 Å². The van der Waals surface area contributed by atoms with Gasteiger partial charge in [0.1, 0.15) is 11.4 Å². The summed E-state index contributed by atoms with van der Waals surface area (Å²) in [6, 6.07) is 3.18. The van der Waals surface area contributed by atoms with Crippen molar-refractivity contribution in [3.63, 3.8) is 0 Å². The molecule has 1 heterocycles. The molecule has 1 aromatic rings. The van der Waals surface area contributed by atoms with Crippen molar-refractivity contribution in [3.05, 3.63) is 27.7 Å². The van der Waals surface area contributed by atoms with Gasteiger partial charge in [0.2, 0.25) is 0 Å². The van der Waals surface area contributed by atoms with Crippen molar-refractivity contribution in [2.45, 2.75) is 25.1 Å². The fourth-order valence-electron chi connectivity index (χ4n) is 2.30. The first-order valence-electron chi connectivity index (χ1n) is 6.22. The van der Waals surface area contributed by atoms with Crippen LogP contribution in [0.3, 0.4) is 0 Å². The number of benzene rings is 1. The summed E-state index contributed by atoms with van der Waals surface area (Å²) in [4.78, 5) is 2.06. The van der Waals surface area contributed by atoms with Crippen molar-refractivity contribution in [1.82, 2.24) is 4.90 Å². The van der Waals surface area contributed by atoms with Crippen LogP contribution in [-0.4, -0.2) is 35.3 Å². The number of halogens is 3. The molecular formula is C13H17Cl2FN2O. The highest BCUT2D eigenvalue weighted by atomic mass is 35.5. The molecule has 1 aliphatic heterocycles. The Bertz CT molecular complexity index is 462. The van der Waals surface area contributed by atoms with Gasteiger partial charge in [-0.15, -0.1) is 0 Å². The average molecular weight is 307 g/mol. The van der Waals surface area contributed by atoms with Crippen LogP contribution in [0.25, 0.3) is 0 Å². The molecule has 1 saturated heterocycles. The summed E-state index contributed by atoms with van der Waals surface area (Å²) >= 11 is 11.8. The summed E-state index contributed by atoms with van der Waals surface area (Å²) < 4.78 is 14.0. The van der Waals surface area contributed by atoms with Gasteiger partial charge in [0, 0.05) is 36.8 Å². The lowest BCUT2D eigenvalue weighted by Crippen LogP contribution is -2.45. The minimum Gasteiger partial charge on any atom is -0.506 e. The molecule has 6 heteroatoms. The molecule has 1 aromatic carbocycles. The molecular weight excluding hydrogens is 290 g/mol.